The smallest absolute Gasteiger partial charge is 0.223 e. The van der Waals surface area contributed by atoms with Crippen LogP contribution in [0.3, 0.4) is 0 Å². The van der Waals surface area contributed by atoms with E-state index in [-0.39, 0.29) is 5.91 Å². The molecule has 1 aromatic rings. The molecule has 1 aliphatic rings. The Bertz CT molecular complexity index is 507. The highest BCUT2D eigenvalue weighted by Crippen LogP contribution is 2.12. The zero-order valence-electron chi connectivity index (χ0n) is 13.4. The summed E-state index contributed by atoms with van der Waals surface area (Å²) in [5, 5.41) is 6.98. The van der Waals surface area contributed by atoms with Crippen molar-refractivity contribution in [1.82, 2.24) is 19.9 Å². The first-order valence-corrected chi connectivity index (χ1v) is 8.05. The number of imidazole rings is 1. The molecule has 1 aliphatic heterocycles. The number of hydrogen-bond donors (Lipinski definition) is 3. The van der Waals surface area contributed by atoms with Crippen LogP contribution in [0.25, 0.3) is 0 Å². The van der Waals surface area contributed by atoms with Gasteiger partial charge < -0.3 is 15.3 Å². The van der Waals surface area contributed by atoms with E-state index >= 15 is 0 Å². The van der Waals surface area contributed by atoms with Gasteiger partial charge in [-0.1, -0.05) is 5.22 Å². The standard InChI is InChI=1S/C14H26N8O/c15-19-12-4-9-22(10-5-12)14(23)3-2-13-17-7-11-21(13)8-1-6-18-20-16/h7,11-12,19H,1-6,8-10,15H2,(H2,16,18). The molecule has 5 N–H and O–H groups in total. The van der Waals surface area contributed by atoms with Gasteiger partial charge in [0.05, 0.1) is 6.54 Å². The monoisotopic (exact) mass is 322 g/mol. The fraction of sp³-hybridized carbons (Fsp3) is 0.714. The molecular weight excluding hydrogens is 296 g/mol. The normalized spacial score (nSPS) is 16.3. The largest absolute Gasteiger partial charge is 0.343 e. The second-order valence-electron chi connectivity index (χ2n) is 5.69. The molecular formula is C14H26N8O. The van der Waals surface area contributed by atoms with Gasteiger partial charge in [0, 0.05) is 50.9 Å². The van der Waals surface area contributed by atoms with Crippen molar-refractivity contribution in [3.05, 3.63) is 18.2 Å². The Balaban J connectivity index is 1.75. The van der Waals surface area contributed by atoms with E-state index in [1.54, 1.807) is 6.20 Å². The molecule has 2 heterocycles. The molecule has 0 aliphatic carbocycles. The molecule has 9 nitrogen and oxygen atoms in total. The maximum Gasteiger partial charge on any atom is 0.223 e. The van der Waals surface area contributed by atoms with Gasteiger partial charge in [-0.3, -0.25) is 16.1 Å². The van der Waals surface area contributed by atoms with Crippen molar-refractivity contribution in [3.63, 3.8) is 0 Å². The second-order valence-corrected chi connectivity index (χ2v) is 5.69. The van der Waals surface area contributed by atoms with Crippen LogP contribution in [0.1, 0.15) is 31.5 Å². The third-order valence-electron chi connectivity index (χ3n) is 4.19. The molecule has 0 saturated carbocycles. The molecule has 1 fully saturated rings. The topological polar surface area (TPSA) is 127 Å². The van der Waals surface area contributed by atoms with E-state index in [0.717, 1.165) is 44.7 Å². The number of rotatable bonds is 8. The van der Waals surface area contributed by atoms with E-state index in [2.05, 4.69) is 25.3 Å². The van der Waals surface area contributed by atoms with Crippen LogP contribution in [0, 0.1) is 0 Å². The molecule has 0 unspecified atom stereocenters. The molecule has 1 aromatic heterocycles. The van der Waals surface area contributed by atoms with Crippen LogP contribution in [-0.4, -0.2) is 46.0 Å². The van der Waals surface area contributed by atoms with Crippen LogP contribution >= 0.6 is 0 Å². The molecule has 1 amide bonds. The highest BCUT2D eigenvalue weighted by atomic mass is 16.2. The molecule has 0 bridgehead atoms. The summed E-state index contributed by atoms with van der Waals surface area (Å²) in [6.07, 6.45) is 7.50. The van der Waals surface area contributed by atoms with Gasteiger partial charge in [-0.2, -0.15) is 5.11 Å². The second kappa shape index (κ2) is 9.21. The first kappa shape index (κ1) is 17.4. The van der Waals surface area contributed by atoms with Crippen molar-refractivity contribution in [3.8, 4) is 0 Å². The number of nitrogens with one attached hydrogen (secondary N) is 1. The predicted octanol–water partition coefficient (Wildman–Crippen LogP) is -0.0140. The lowest BCUT2D eigenvalue weighted by Crippen LogP contribution is -2.47. The lowest BCUT2D eigenvalue weighted by molar-refractivity contribution is -0.132. The molecule has 2 rings (SSSR count). The molecule has 1 saturated heterocycles. The number of carbonyl (C=O) groups is 1. The van der Waals surface area contributed by atoms with Crippen molar-refractivity contribution in [2.45, 2.75) is 44.7 Å². The molecule has 0 spiro atoms. The Hall–Kier alpha value is -2.00. The molecule has 9 heteroatoms. The zero-order valence-corrected chi connectivity index (χ0v) is 13.4. The number of likely N-dealkylation sites (tertiary alicyclic amines) is 1. The summed E-state index contributed by atoms with van der Waals surface area (Å²) in [6.45, 7) is 2.94. The van der Waals surface area contributed by atoms with E-state index in [0.29, 0.717) is 25.4 Å². The summed E-state index contributed by atoms with van der Waals surface area (Å²) in [4.78, 5) is 18.6. The SMILES string of the molecule is NN=NCCCn1ccnc1CCC(=O)N1CCC(NN)CC1. The number of piperidine rings is 1. The highest BCUT2D eigenvalue weighted by Gasteiger charge is 2.21. The Labute approximate surface area is 136 Å². The molecule has 23 heavy (non-hydrogen) atoms. The lowest BCUT2D eigenvalue weighted by Gasteiger charge is -2.31. The predicted molar refractivity (Wildman–Crippen MR) is 86.0 cm³/mol. The fourth-order valence-corrected chi connectivity index (χ4v) is 2.81. The summed E-state index contributed by atoms with van der Waals surface area (Å²) >= 11 is 0. The summed E-state index contributed by atoms with van der Waals surface area (Å²) in [5.41, 5.74) is 2.78. The number of carbonyl (C=O) groups excluding carboxylic acids is 1. The minimum atomic E-state index is 0.187. The van der Waals surface area contributed by atoms with Gasteiger partial charge >= 0.3 is 0 Å². The van der Waals surface area contributed by atoms with E-state index in [4.69, 9.17) is 11.7 Å². The number of amides is 1. The van der Waals surface area contributed by atoms with Gasteiger partial charge in [-0.05, 0) is 19.3 Å². The number of aromatic nitrogens is 2. The van der Waals surface area contributed by atoms with Crippen molar-refractivity contribution >= 4 is 5.91 Å². The Morgan fingerprint density at radius 3 is 2.91 bits per heavy atom. The van der Waals surface area contributed by atoms with E-state index in [9.17, 15) is 4.79 Å². The summed E-state index contributed by atoms with van der Waals surface area (Å²) < 4.78 is 2.06. The quantitative estimate of drug-likeness (QED) is 0.268. The number of nitrogens with two attached hydrogens (primary N) is 2. The minimum Gasteiger partial charge on any atom is -0.343 e. The van der Waals surface area contributed by atoms with Crippen molar-refractivity contribution in [2.24, 2.45) is 22.0 Å². The van der Waals surface area contributed by atoms with Crippen LogP contribution in [0.5, 0.6) is 0 Å². The van der Waals surface area contributed by atoms with Gasteiger partial charge in [0.15, 0.2) is 0 Å². The first-order chi connectivity index (χ1) is 11.2. The third-order valence-corrected chi connectivity index (χ3v) is 4.19. The van der Waals surface area contributed by atoms with Crippen LogP contribution < -0.4 is 17.1 Å². The lowest BCUT2D eigenvalue weighted by atomic mass is 10.1. The van der Waals surface area contributed by atoms with Crippen LogP contribution in [0.4, 0.5) is 0 Å². The molecule has 0 radical (unpaired) electrons. The maximum atomic E-state index is 12.3. The van der Waals surface area contributed by atoms with Crippen molar-refractivity contribution in [1.29, 1.82) is 0 Å². The highest BCUT2D eigenvalue weighted by molar-refractivity contribution is 5.76. The summed E-state index contributed by atoms with van der Waals surface area (Å²) in [5.74, 6) is 11.5. The number of hydrogen-bond acceptors (Lipinski definition) is 6. The summed E-state index contributed by atoms with van der Waals surface area (Å²) in [7, 11) is 0. The van der Waals surface area contributed by atoms with Crippen LogP contribution in [-0.2, 0) is 17.8 Å². The molecule has 0 atom stereocenters. The third kappa shape index (κ3) is 5.29. The van der Waals surface area contributed by atoms with Crippen molar-refractivity contribution < 1.29 is 4.79 Å². The van der Waals surface area contributed by atoms with Gasteiger partial charge in [-0.15, -0.1) is 0 Å². The van der Waals surface area contributed by atoms with Crippen molar-refractivity contribution in [2.75, 3.05) is 19.6 Å². The maximum absolute atomic E-state index is 12.3. The van der Waals surface area contributed by atoms with E-state index in [1.807, 2.05) is 11.1 Å². The first-order valence-electron chi connectivity index (χ1n) is 8.05. The molecule has 128 valence electrons. The number of aryl methyl sites for hydroxylation is 2. The van der Waals surface area contributed by atoms with Gasteiger partial charge in [0.25, 0.3) is 0 Å². The fourth-order valence-electron chi connectivity index (χ4n) is 2.81. The Morgan fingerprint density at radius 1 is 1.43 bits per heavy atom. The zero-order chi connectivity index (χ0) is 16.5. The van der Waals surface area contributed by atoms with E-state index in [1.165, 1.54) is 0 Å². The van der Waals surface area contributed by atoms with Crippen LogP contribution in [0.15, 0.2) is 22.7 Å². The van der Waals surface area contributed by atoms with Crippen LogP contribution in [0.2, 0.25) is 0 Å². The minimum absolute atomic E-state index is 0.187. The average Bonchev–Trinajstić information content (AvgIpc) is 3.04. The van der Waals surface area contributed by atoms with Gasteiger partial charge in [0.1, 0.15) is 5.82 Å². The average molecular weight is 322 g/mol. The number of nitrogens with zero attached hydrogens (tertiary/aromatic N) is 5. The Morgan fingerprint density at radius 2 is 2.22 bits per heavy atom. The van der Waals surface area contributed by atoms with Gasteiger partial charge in [0.2, 0.25) is 5.91 Å². The van der Waals surface area contributed by atoms with E-state index < -0.39 is 0 Å². The van der Waals surface area contributed by atoms with Gasteiger partial charge in [-0.25, -0.2) is 4.98 Å². The Kier molecular flexibility index (Phi) is 6.95. The summed E-state index contributed by atoms with van der Waals surface area (Å²) in [6, 6.07) is 0.323. The number of hydrazine groups is 1. The molecule has 0 aromatic carbocycles.